The van der Waals surface area contributed by atoms with Crippen molar-refractivity contribution in [1.29, 1.82) is 0 Å². The van der Waals surface area contributed by atoms with Gasteiger partial charge < -0.3 is 14.8 Å². The van der Waals surface area contributed by atoms with Crippen LogP contribution in [0, 0.1) is 0 Å². The van der Waals surface area contributed by atoms with Crippen molar-refractivity contribution in [2.24, 2.45) is 0 Å². The van der Waals surface area contributed by atoms with Gasteiger partial charge in [-0.3, -0.25) is 0 Å². The summed E-state index contributed by atoms with van der Waals surface area (Å²) in [7, 11) is 0. The van der Waals surface area contributed by atoms with E-state index in [0.29, 0.717) is 17.9 Å². The first-order valence-corrected chi connectivity index (χ1v) is 7.24. The van der Waals surface area contributed by atoms with Gasteiger partial charge in [0.25, 0.3) is 0 Å². The van der Waals surface area contributed by atoms with Gasteiger partial charge in [0, 0.05) is 17.4 Å². The quantitative estimate of drug-likeness (QED) is 0.632. The topological polar surface area (TPSA) is 75.2 Å². The van der Waals surface area contributed by atoms with Crippen LogP contribution in [0.5, 0.6) is 5.75 Å². The van der Waals surface area contributed by atoms with Crippen molar-refractivity contribution in [1.82, 2.24) is 9.97 Å². The highest BCUT2D eigenvalue weighted by molar-refractivity contribution is 7.99. The van der Waals surface area contributed by atoms with Gasteiger partial charge in [0.1, 0.15) is 5.75 Å². The zero-order chi connectivity index (χ0) is 14.5. The zero-order valence-electron chi connectivity index (χ0n) is 11.3. The molecule has 0 atom stereocenters. The maximum absolute atomic E-state index is 10.7. The van der Waals surface area contributed by atoms with Gasteiger partial charge in [-0.25, -0.2) is 9.78 Å². The highest BCUT2D eigenvalue weighted by atomic mass is 32.2. The van der Waals surface area contributed by atoms with Crippen molar-refractivity contribution in [2.45, 2.75) is 19.0 Å². The summed E-state index contributed by atoms with van der Waals surface area (Å²) in [5.41, 5.74) is 2.12. The number of thioether (sulfide) groups is 1. The fourth-order valence-corrected chi connectivity index (χ4v) is 2.46. The number of aromatic amines is 1. The van der Waals surface area contributed by atoms with E-state index in [1.807, 2.05) is 25.1 Å². The molecule has 0 aliphatic heterocycles. The number of nitrogens with zero attached hydrogens (tertiary/aromatic N) is 1. The molecule has 2 aromatic rings. The molecule has 106 valence electrons. The number of rotatable bonds is 6. The molecule has 0 radical (unpaired) electrons. The van der Waals surface area contributed by atoms with E-state index in [0.717, 1.165) is 21.9 Å². The fourth-order valence-electron chi connectivity index (χ4n) is 1.62. The van der Waals surface area contributed by atoms with Crippen molar-refractivity contribution in [3.63, 3.8) is 0 Å². The zero-order valence-corrected chi connectivity index (χ0v) is 12.2. The number of aromatic nitrogens is 2. The number of carboxylic acids is 1. The second-order valence-electron chi connectivity index (χ2n) is 4.16. The van der Waals surface area contributed by atoms with Crippen LogP contribution in [-0.2, 0) is 4.79 Å². The molecule has 0 aliphatic carbocycles. The standard InChI is InChI=1S/C14H16N2O3S/c1-3-19-10-4-5-11-12(8-10)16-14(15-11)20-7-6-9(2)13(17)18/h4-6,8H,3,7H2,1-2H3,(H,15,16)(H,17,18). The van der Waals surface area contributed by atoms with Crippen LogP contribution in [-0.4, -0.2) is 33.4 Å². The maximum Gasteiger partial charge on any atom is 0.330 e. The molecule has 2 N–H and O–H groups in total. The van der Waals surface area contributed by atoms with Crippen LogP contribution in [0.3, 0.4) is 0 Å². The number of carboxylic acid groups (broad SMARTS) is 1. The van der Waals surface area contributed by atoms with Gasteiger partial charge in [-0.15, -0.1) is 0 Å². The van der Waals surface area contributed by atoms with Crippen LogP contribution >= 0.6 is 11.8 Å². The summed E-state index contributed by atoms with van der Waals surface area (Å²) in [6.45, 7) is 4.14. The Balaban J connectivity index is 2.08. The van der Waals surface area contributed by atoms with Crippen molar-refractivity contribution < 1.29 is 14.6 Å². The Kier molecular flexibility index (Phi) is 4.68. The summed E-state index contributed by atoms with van der Waals surface area (Å²) in [6.07, 6.45) is 1.67. The molecule has 5 nitrogen and oxygen atoms in total. The van der Waals surface area contributed by atoms with Crippen LogP contribution in [0.1, 0.15) is 13.8 Å². The molecule has 2 rings (SSSR count). The lowest BCUT2D eigenvalue weighted by Crippen LogP contribution is -1.96. The molecule has 0 unspecified atom stereocenters. The first-order valence-electron chi connectivity index (χ1n) is 6.25. The number of aliphatic carboxylic acids is 1. The van der Waals surface area contributed by atoms with Crippen LogP contribution in [0.4, 0.5) is 0 Å². The summed E-state index contributed by atoms with van der Waals surface area (Å²) >= 11 is 1.46. The largest absolute Gasteiger partial charge is 0.494 e. The summed E-state index contributed by atoms with van der Waals surface area (Å²) in [4.78, 5) is 18.3. The predicted octanol–water partition coefficient (Wildman–Crippen LogP) is 3.08. The minimum Gasteiger partial charge on any atom is -0.494 e. The van der Waals surface area contributed by atoms with Gasteiger partial charge in [0.2, 0.25) is 0 Å². The Labute approximate surface area is 121 Å². The molecule has 1 aromatic heterocycles. The van der Waals surface area contributed by atoms with Crippen molar-refractivity contribution >= 4 is 28.8 Å². The predicted molar refractivity (Wildman–Crippen MR) is 79.4 cm³/mol. The van der Waals surface area contributed by atoms with Crippen LogP contribution in [0.25, 0.3) is 11.0 Å². The third-order valence-corrected chi connectivity index (χ3v) is 3.49. The van der Waals surface area contributed by atoms with E-state index in [1.54, 1.807) is 13.0 Å². The summed E-state index contributed by atoms with van der Waals surface area (Å²) in [5.74, 6) is 0.481. The molecule has 0 bridgehead atoms. The van der Waals surface area contributed by atoms with E-state index >= 15 is 0 Å². The van der Waals surface area contributed by atoms with E-state index in [2.05, 4.69) is 9.97 Å². The first-order chi connectivity index (χ1) is 9.60. The minimum atomic E-state index is -0.892. The van der Waals surface area contributed by atoms with Gasteiger partial charge in [0.15, 0.2) is 5.16 Å². The Bertz CT molecular complexity index is 649. The molecule has 0 saturated heterocycles. The van der Waals surface area contributed by atoms with Crippen molar-refractivity contribution in [2.75, 3.05) is 12.4 Å². The molecular formula is C14H16N2O3S. The monoisotopic (exact) mass is 292 g/mol. The summed E-state index contributed by atoms with van der Waals surface area (Å²) < 4.78 is 5.43. The lowest BCUT2D eigenvalue weighted by Gasteiger charge is -2.00. The number of nitrogens with one attached hydrogen (secondary N) is 1. The number of hydrogen-bond acceptors (Lipinski definition) is 4. The number of ether oxygens (including phenoxy) is 1. The Morgan fingerprint density at radius 3 is 3.05 bits per heavy atom. The average Bonchev–Trinajstić information content (AvgIpc) is 2.80. The third-order valence-electron chi connectivity index (χ3n) is 2.69. The van der Waals surface area contributed by atoms with Gasteiger partial charge in [-0.2, -0.15) is 0 Å². The molecule has 1 aromatic carbocycles. The molecular weight excluding hydrogens is 276 g/mol. The highest BCUT2D eigenvalue weighted by Gasteiger charge is 2.05. The van der Waals surface area contributed by atoms with Crippen LogP contribution in [0.2, 0.25) is 0 Å². The Morgan fingerprint density at radius 2 is 2.35 bits per heavy atom. The van der Waals surface area contributed by atoms with Crippen LogP contribution < -0.4 is 4.74 Å². The van der Waals surface area contributed by atoms with Gasteiger partial charge >= 0.3 is 5.97 Å². The smallest absolute Gasteiger partial charge is 0.330 e. The number of carbonyl (C=O) groups is 1. The number of hydrogen-bond donors (Lipinski definition) is 2. The van der Waals surface area contributed by atoms with Gasteiger partial charge in [-0.1, -0.05) is 17.8 Å². The third kappa shape index (κ3) is 3.54. The Morgan fingerprint density at radius 1 is 1.55 bits per heavy atom. The SMILES string of the molecule is CCOc1ccc2nc(SCC=C(C)C(=O)O)[nH]c2c1. The number of H-pyrrole nitrogens is 1. The number of imidazole rings is 1. The van der Waals surface area contributed by atoms with Gasteiger partial charge in [0.05, 0.1) is 17.6 Å². The second-order valence-corrected chi connectivity index (χ2v) is 5.17. The fraction of sp³-hybridized carbons (Fsp3) is 0.286. The van der Waals surface area contributed by atoms with Crippen molar-refractivity contribution in [3.8, 4) is 5.75 Å². The second kappa shape index (κ2) is 6.47. The van der Waals surface area contributed by atoms with E-state index in [-0.39, 0.29) is 0 Å². The highest BCUT2D eigenvalue weighted by Crippen LogP contribution is 2.23. The molecule has 0 amide bonds. The number of benzene rings is 1. The summed E-state index contributed by atoms with van der Waals surface area (Å²) in [6, 6.07) is 5.70. The number of fused-ring (bicyclic) bond motifs is 1. The molecule has 1 heterocycles. The van der Waals surface area contributed by atoms with E-state index in [9.17, 15) is 4.79 Å². The molecule has 0 spiro atoms. The summed E-state index contributed by atoms with van der Waals surface area (Å²) in [5, 5.41) is 9.53. The average molecular weight is 292 g/mol. The van der Waals surface area contributed by atoms with Crippen molar-refractivity contribution in [3.05, 3.63) is 29.8 Å². The Hall–Kier alpha value is -1.95. The maximum atomic E-state index is 10.7. The van der Waals surface area contributed by atoms with Gasteiger partial charge in [-0.05, 0) is 26.0 Å². The lowest BCUT2D eigenvalue weighted by molar-refractivity contribution is -0.132. The molecule has 0 fully saturated rings. The minimum absolute atomic E-state index is 0.340. The molecule has 0 aliphatic rings. The van der Waals surface area contributed by atoms with E-state index in [1.165, 1.54) is 11.8 Å². The molecule has 6 heteroatoms. The molecule has 20 heavy (non-hydrogen) atoms. The molecule has 0 saturated carbocycles. The first kappa shape index (κ1) is 14.5. The van der Waals surface area contributed by atoms with E-state index < -0.39 is 5.97 Å². The normalized spacial score (nSPS) is 11.8. The van der Waals surface area contributed by atoms with E-state index in [4.69, 9.17) is 9.84 Å². The van der Waals surface area contributed by atoms with Crippen LogP contribution in [0.15, 0.2) is 35.0 Å². The lowest BCUT2D eigenvalue weighted by atomic mass is 10.3.